The normalized spacial score (nSPS) is 13.9. The number of aromatic nitrogens is 4. The van der Waals surface area contributed by atoms with Crippen LogP contribution in [0.4, 0.5) is 11.5 Å². The summed E-state index contributed by atoms with van der Waals surface area (Å²) in [6, 6.07) is 16.3. The molecule has 2 N–H and O–H groups in total. The van der Waals surface area contributed by atoms with E-state index in [1.165, 1.54) is 18.4 Å². The van der Waals surface area contributed by atoms with E-state index in [4.69, 9.17) is 0 Å². The van der Waals surface area contributed by atoms with Crippen LogP contribution in [0.25, 0.3) is 22.6 Å². The van der Waals surface area contributed by atoms with Crippen LogP contribution in [0.3, 0.4) is 0 Å². The van der Waals surface area contributed by atoms with Gasteiger partial charge in [0.25, 0.3) is 0 Å². The molecule has 6 heteroatoms. The largest absolute Gasteiger partial charge is 0.381 e. The fourth-order valence-electron chi connectivity index (χ4n) is 3.60. The van der Waals surface area contributed by atoms with Crippen LogP contribution < -0.4 is 10.2 Å². The molecule has 1 saturated heterocycles. The van der Waals surface area contributed by atoms with Crippen LogP contribution in [-0.2, 0) is 6.54 Å². The van der Waals surface area contributed by atoms with E-state index in [0.29, 0.717) is 0 Å². The van der Waals surface area contributed by atoms with Crippen molar-refractivity contribution in [2.24, 2.45) is 0 Å². The lowest BCUT2D eigenvalue weighted by Gasteiger charge is -2.16. The lowest BCUT2D eigenvalue weighted by molar-refractivity contribution is 0.932. The standard InChI is InChI=1S/C22H22N6/c1-2-10-23-19(5-1)22-26-18-8-7-17(13-20(18)27-22)24-14-16-6-9-21(25-15-16)28-11-3-4-12-28/h1-2,5-10,13,15,24H,3-4,11-12,14H2,(H,26,27). The van der Waals surface area contributed by atoms with E-state index >= 15 is 0 Å². The summed E-state index contributed by atoms with van der Waals surface area (Å²) in [7, 11) is 0. The maximum atomic E-state index is 4.63. The Kier molecular flexibility index (Phi) is 4.37. The first-order valence-corrected chi connectivity index (χ1v) is 9.70. The zero-order valence-corrected chi connectivity index (χ0v) is 15.6. The van der Waals surface area contributed by atoms with Crippen molar-refractivity contribution in [1.82, 2.24) is 19.9 Å². The molecule has 0 saturated carbocycles. The van der Waals surface area contributed by atoms with E-state index in [9.17, 15) is 0 Å². The molecule has 1 aromatic carbocycles. The molecule has 4 heterocycles. The molecule has 1 aliphatic rings. The van der Waals surface area contributed by atoms with Crippen LogP contribution in [0.2, 0.25) is 0 Å². The van der Waals surface area contributed by atoms with Crippen molar-refractivity contribution >= 4 is 22.5 Å². The summed E-state index contributed by atoms with van der Waals surface area (Å²) in [5.74, 6) is 1.87. The number of benzene rings is 1. The van der Waals surface area contributed by atoms with Gasteiger partial charge < -0.3 is 15.2 Å². The number of rotatable bonds is 5. The molecule has 0 atom stereocenters. The van der Waals surface area contributed by atoms with Gasteiger partial charge in [-0.25, -0.2) is 9.97 Å². The van der Waals surface area contributed by atoms with Gasteiger partial charge in [-0.1, -0.05) is 12.1 Å². The van der Waals surface area contributed by atoms with Crippen LogP contribution in [0.5, 0.6) is 0 Å². The van der Waals surface area contributed by atoms with Crippen LogP contribution in [0, 0.1) is 0 Å². The van der Waals surface area contributed by atoms with Crippen LogP contribution >= 0.6 is 0 Å². The Labute approximate surface area is 163 Å². The molecule has 140 valence electrons. The average molecular weight is 370 g/mol. The monoisotopic (exact) mass is 370 g/mol. The highest BCUT2D eigenvalue weighted by Crippen LogP contribution is 2.22. The van der Waals surface area contributed by atoms with E-state index in [2.05, 4.69) is 54.4 Å². The van der Waals surface area contributed by atoms with Gasteiger partial charge in [0.05, 0.1) is 11.0 Å². The highest BCUT2D eigenvalue weighted by atomic mass is 15.2. The second-order valence-electron chi connectivity index (χ2n) is 7.10. The number of aromatic amines is 1. The second-order valence-corrected chi connectivity index (χ2v) is 7.10. The SMILES string of the molecule is c1ccc(-c2nc3ccc(NCc4ccc(N5CCCC5)nc4)cc3[nH]2)nc1. The molecule has 0 aliphatic carbocycles. The molecular formula is C22H22N6. The zero-order chi connectivity index (χ0) is 18.8. The molecule has 0 spiro atoms. The lowest BCUT2D eigenvalue weighted by Crippen LogP contribution is -2.18. The minimum Gasteiger partial charge on any atom is -0.381 e. The molecule has 0 amide bonds. The third-order valence-electron chi connectivity index (χ3n) is 5.13. The highest BCUT2D eigenvalue weighted by Gasteiger charge is 2.13. The minimum absolute atomic E-state index is 0.736. The maximum absolute atomic E-state index is 4.63. The number of hydrogen-bond acceptors (Lipinski definition) is 5. The van der Waals surface area contributed by atoms with Crippen LogP contribution in [0.15, 0.2) is 60.9 Å². The van der Waals surface area contributed by atoms with E-state index in [-0.39, 0.29) is 0 Å². The fraction of sp³-hybridized carbons (Fsp3) is 0.227. The molecule has 0 bridgehead atoms. The van der Waals surface area contributed by atoms with Gasteiger partial charge >= 0.3 is 0 Å². The molecule has 1 aliphatic heterocycles. The van der Waals surface area contributed by atoms with Gasteiger partial charge in [0, 0.05) is 37.7 Å². The Bertz CT molecular complexity index is 1070. The topological polar surface area (TPSA) is 69.7 Å². The van der Waals surface area contributed by atoms with Gasteiger partial charge in [0.15, 0.2) is 5.82 Å². The summed E-state index contributed by atoms with van der Waals surface area (Å²) in [5, 5.41) is 3.47. The quantitative estimate of drug-likeness (QED) is 0.550. The molecule has 0 unspecified atom stereocenters. The Morgan fingerprint density at radius 2 is 1.93 bits per heavy atom. The van der Waals surface area contributed by atoms with E-state index in [0.717, 1.165) is 53.7 Å². The number of pyridine rings is 2. The first-order chi connectivity index (χ1) is 13.8. The van der Waals surface area contributed by atoms with Gasteiger partial charge in [-0.05, 0) is 54.8 Å². The molecule has 6 nitrogen and oxygen atoms in total. The number of H-pyrrole nitrogens is 1. The van der Waals surface area contributed by atoms with Crippen LogP contribution in [0.1, 0.15) is 18.4 Å². The Morgan fingerprint density at radius 3 is 2.71 bits per heavy atom. The highest BCUT2D eigenvalue weighted by molar-refractivity contribution is 5.82. The van der Waals surface area contributed by atoms with Crippen LogP contribution in [-0.4, -0.2) is 33.0 Å². The molecule has 3 aromatic heterocycles. The third kappa shape index (κ3) is 3.41. The summed E-state index contributed by atoms with van der Waals surface area (Å²) in [6.45, 7) is 2.98. The predicted molar refractivity (Wildman–Crippen MR) is 112 cm³/mol. The number of anilines is 2. The van der Waals surface area contributed by atoms with Gasteiger partial charge in [0.1, 0.15) is 11.5 Å². The van der Waals surface area contributed by atoms with Crippen molar-refractivity contribution in [1.29, 1.82) is 0 Å². The minimum atomic E-state index is 0.736. The number of imidazole rings is 1. The third-order valence-corrected chi connectivity index (χ3v) is 5.13. The van der Waals surface area contributed by atoms with Crippen molar-refractivity contribution in [2.45, 2.75) is 19.4 Å². The Balaban J connectivity index is 1.28. The molecule has 28 heavy (non-hydrogen) atoms. The second kappa shape index (κ2) is 7.31. The van der Waals surface area contributed by atoms with Gasteiger partial charge in [-0.2, -0.15) is 0 Å². The van der Waals surface area contributed by atoms with Crippen molar-refractivity contribution in [3.8, 4) is 11.5 Å². The van der Waals surface area contributed by atoms with E-state index < -0.39 is 0 Å². The number of fused-ring (bicyclic) bond motifs is 1. The van der Waals surface area contributed by atoms with Gasteiger partial charge in [-0.15, -0.1) is 0 Å². The van der Waals surface area contributed by atoms with Gasteiger partial charge in [0.2, 0.25) is 0 Å². The summed E-state index contributed by atoms with van der Waals surface area (Å²) < 4.78 is 0. The number of hydrogen-bond donors (Lipinski definition) is 2. The molecule has 4 aromatic rings. The zero-order valence-electron chi connectivity index (χ0n) is 15.6. The number of nitrogens with one attached hydrogen (secondary N) is 2. The smallest absolute Gasteiger partial charge is 0.157 e. The number of nitrogens with zero attached hydrogens (tertiary/aromatic N) is 4. The van der Waals surface area contributed by atoms with Gasteiger partial charge in [-0.3, -0.25) is 4.98 Å². The summed E-state index contributed by atoms with van der Waals surface area (Å²) in [5.41, 5.74) is 4.99. The van der Waals surface area contributed by atoms with Crippen molar-refractivity contribution in [3.63, 3.8) is 0 Å². The average Bonchev–Trinajstić information content (AvgIpc) is 3.43. The predicted octanol–water partition coefficient (Wildman–Crippen LogP) is 4.23. The van der Waals surface area contributed by atoms with Crippen molar-refractivity contribution in [2.75, 3.05) is 23.3 Å². The Morgan fingerprint density at radius 1 is 1.00 bits per heavy atom. The van der Waals surface area contributed by atoms with Crippen molar-refractivity contribution < 1.29 is 0 Å². The summed E-state index contributed by atoms with van der Waals surface area (Å²) in [4.78, 5) is 19.3. The molecule has 5 rings (SSSR count). The lowest BCUT2D eigenvalue weighted by atomic mass is 10.2. The van der Waals surface area contributed by atoms with E-state index in [1.54, 1.807) is 6.20 Å². The first kappa shape index (κ1) is 16.7. The summed E-state index contributed by atoms with van der Waals surface area (Å²) >= 11 is 0. The molecule has 1 fully saturated rings. The first-order valence-electron chi connectivity index (χ1n) is 9.70. The maximum Gasteiger partial charge on any atom is 0.157 e. The molecular weight excluding hydrogens is 348 g/mol. The Hall–Kier alpha value is -3.41. The van der Waals surface area contributed by atoms with E-state index in [1.807, 2.05) is 30.5 Å². The fourth-order valence-corrected chi connectivity index (χ4v) is 3.60. The van der Waals surface area contributed by atoms with Crippen molar-refractivity contribution in [3.05, 3.63) is 66.5 Å². The molecule has 0 radical (unpaired) electrons. The summed E-state index contributed by atoms with van der Waals surface area (Å²) in [6.07, 6.45) is 6.28.